The Kier molecular flexibility index (Phi) is 2.98. The van der Waals surface area contributed by atoms with Gasteiger partial charge in [-0.1, -0.05) is 6.07 Å². The molecule has 2 aromatic rings. The summed E-state index contributed by atoms with van der Waals surface area (Å²) < 4.78 is 5.49. The first-order valence-corrected chi connectivity index (χ1v) is 6.38. The minimum atomic E-state index is -0.835. The monoisotopic (exact) mass is 304 g/mol. The van der Waals surface area contributed by atoms with Gasteiger partial charge in [0, 0.05) is 6.07 Å². The van der Waals surface area contributed by atoms with E-state index < -0.39 is 29.1 Å². The predicted octanol–water partition coefficient (Wildman–Crippen LogP) is 1.92. The summed E-state index contributed by atoms with van der Waals surface area (Å²) in [6, 6.07) is 4.80. The van der Waals surface area contributed by atoms with Crippen molar-refractivity contribution in [2.24, 2.45) is 0 Å². The van der Waals surface area contributed by atoms with Crippen LogP contribution in [0.1, 0.15) is 28.4 Å². The topological polar surface area (TPSA) is 127 Å². The predicted molar refractivity (Wildman–Crippen MR) is 73.5 cm³/mol. The molecule has 0 saturated heterocycles. The Bertz CT molecular complexity index is 782. The van der Waals surface area contributed by atoms with E-state index >= 15 is 0 Å². The van der Waals surface area contributed by atoms with Crippen molar-refractivity contribution in [1.29, 1.82) is 0 Å². The van der Waals surface area contributed by atoms with Gasteiger partial charge in [0.05, 0.1) is 6.42 Å². The van der Waals surface area contributed by atoms with E-state index in [2.05, 4.69) is 0 Å². The number of Topliss-reactive ketones (excluding diaryl/α,β-unsaturated/α-hetero) is 1. The van der Waals surface area contributed by atoms with Crippen molar-refractivity contribution in [3.05, 3.63) is 35.4 Å². The van der Waals surface area contributed by atoms with Crippen LogP contribution in [-0.4, -0.2) is 31.3 Å². The third-order valence-corrected chi connectivity index (χ3v) is 3.50. The van der Waals surface area contributed by atoms with Crippen molar-refractivity contribution in [3.63, 3.8) is 0 Å². The Morgan fingerprint density at radius 3 is 2.32 bits per heavy atom. The number of carbonyl (C=O) groups is 1. The second-order valence-electron chi connectivity index (χ2n) is 4.95. The van der Waals surface area contributed by atoms with E-state index in [4.69, 9.17) is 4.74 Å². The van der Waals surface area contributed by atoms with Gasteiger partial charge in [0.25, 0.3) is 0 Å². The first-order valence-electron chi connectivity index (χ1n) is 6.38. The van der Waals surface area contributed by atoms with Crippen LogP contribution in [0, 0.1) is 0 Å². The van der Waals surface area contributed by atoms with Gasteiger partial charge in [-0.05, 0) is 17.7 Å². The molecule has 0 amide bonds. The maximum absolute atomic E-state index is 12.2. The smallest absolute Gasteiger partial charge is 0.201 e. The molecule has 1 unspecified atom stereocenters. The summed E-state index contributed by atoms with van der Waals surface area (Å²) in [5.74, 6) is -3.22. The van der Waals surface area contributed by atoms with Crippen LogP contribution < -0.4 is 4.74 Å². The molecule has 114 valence electrons. The van der Waals surface area contributed by atoms with E-state index in [1.165, 1.54) is 18.2 Å². The second-order valence-corrected chi connectivity index (χ2v) is 4.95. The lowest BCUT2D eigenvalue weighted by atomic mass is 9.95. The molecule has 1 aliphatic rings. The molecule has 0 aliphatic carbocycles. The average molecular weight is 304 g/mol. The van der Waals surface area contributed by atoms with Gasteiger partial charge in [0.2, 0.25) is 5.75 Å². The standard InChI is InChI=1S/C15H12O7/c16-7-2-1-6(3-8(7)17)12-5-10(19)13-9(18)4-11(20)14(21)15(13)22-12/h1-4,12,16-18,20-21H,5H2. The van der Waals surface area contributed by atoms with Gasteiger partial charge in [0.1, 0.15) is 17.4 Å². The van der Waals surface area contributed by atoms with Crippen molar-refractivity contribution in [1.82, 2.24) is 0 Å². The highest BCUT2D eigenvalue weighted by molar-refractivity contribution is 6.03. The third kappa shape index (κ3) is 2.03. The van der Waals surface area contributed by atoms with Crippen LogP contribution in [0.4, 0.5) is 0 Å². The van der Waals surface area contributed by atoms with Crippen LogP contribution in [0.2, 0.25) is 0 Å². The Morgan fingerprint density at radius 2 is 1.64 bits per heavy atom. The summed E-state index contributed by atoms with van der Waals surface area (Å²) in [5, 5.41) is 47.9. The molecule has 1 heterocycles. The summed E-state index contributed by atoms with van der Waals surface area (Å²) in [4.78, 5) is 12.2. The molecule has 7 nitrogen and oxygen atoms in total. The van der Waals surface area contributed by atoms with Crippen molar-refractivity contribution >= 4 is 5.78 Å². The van der Waals surface area contributed by atoms with E-state index in [-0.39, 0.29) is 29.2 Å². The van der Waals surface area contributed by atoms with Crippen molar-refractivity contribution < 1.29 is 35.1 Å². The van der Waals surface area contributed by atoms with Crippen molar-refractivity contribution in [3.8, 4) is 34.5 Å². The number of phenolic OH excluding ortho intramolecular Hbond substituents is 5. The van der Waals surface area contributed by atoms with Crippen LogP contribution in [0.3, 0.4) is 0 Å². The summed E-state index contributed by atoms with van der Waals surface area (Å²) in [6.07, 6.45) is -0.965. The number of ketones is 1. The summed E-state index contributed by atoms with van der Waals surface area (Å²) >= 11 is 0. The van der Waals surface area contributed by atoms with Crippen LogP contribution in [0.15, 0.2) is 24.3 Å². The molecule has 0 fully saturated rings. The molecule has 1 aliphatic heterocycles. The zero-order chi connectivity index (χ0) is 16.0. The van der Waals surface area contributed by atoms with Gasteiger partial charge in [-0.3, -0.25) is 4.79 Å². The lowest BCUT2D eigenvalue weighted by molar-refractivity contribution is 0.0836. The van der Waals surface area contributed by atoms with Gasteiger partial charge >= 0.3 is 0 Å². The second kappa shape index (κ2) is 4.73. The van der Waals surface area contributed by atoms with Gasteiger partial charge in [0.15, 0.2) is 28.8 Å². The fourth-order valence-electron chi connectivity index (χ4n) is 2.39. The molecule has 0 bridgehead atoms. The highest BCUT2D eigenvalue weighted by Crippen LogP contribution is 2.49. The third-order valence-electron chi connectivity index (χ3n) is 3.50. The Hall–Kier alpha value is -3.09. The van der Waals surface area contributed by atoms with E-state index in [0.717, 1.165) is 6.07 Å². The average Bonchev–Trinajstić information content (AvgIpc) is 2.47. The van der Waals surface area contributed by atoms with Crippen LogP contribution >= 0.6 is 0 Å². The highest BCUT2D eigenvalue weighted by Gasteiger charge is 2.34. The molecule has 0 aromatic heterocycles. The summed E-state index contributed by atoms with van der Waals surface area (Å²) in [7, 11) is 0. The van der Waals surface area contributed by atoms with E-state index in [9.17, 15) is 30.3 Å². The van der Waals surface area contributed by atoms with Gasteiger partial charge in [-0.2, -0.15) is 0 Å². The lowest BCUT2D eigenvalue weighted by Crippen LogP contribution is -2.20. The Balaban J connectivity index is 2.07. The zero-order valence-corrected chi connectivity index (χ0v) is 11.1. The highest BCUT2D eigenvalue weighted by atomic mass is 16.5. The maximum atomic E-state index is 12.2. The summed E-state index contributed by atoms with van der Waals surface area (Å²) in [5.41, 5.74) is 0.200. The number of carbonyl (C=O) groups excluding carboxylic acids is 1. The molecule has 22 heavy (non-hydrogen) atoms. The molecular formula is C15H12O7. The zero-order valence-electron chi connectivity index (χ0n) is 11.1. The molecule has 0 saturated carbocycles. The molecule has 7 heteroatoms. The number of ether oxygens (including phenoxy) is 1. The fourth-order valence-corrected chi connectivity index (χ4v) is 2.39. The number of rotatable bonds is 1. The van der Waals surface area contributed by atoms with Gasteiger partial charge in [-0.15, -0.1) is 0 Å². The molecule has 0 spiro atoms. The number of fused-ring (bicyclic) bond motifs is 1. The Morgan fingerprint density at radius 1 is 0.909 bits per heavy atom. The minimum absolute atomic E-state index is 0.130. The number of phenols is 5. The Labute approximate surface area is 124 Å². The number of benzene rings is 2. The molecular weight excluding hydrogens is 292 g/mol. The number of hydrogen-bond donors (Lipinski definition) is 5. The number of hydrogen-bond acceptors (Lipinski definition) is 7. The SMILES string of the molecule is O=C1CC(c2ccc(O)c(O)c2)Oc2c(O)c(O)cc(O)c21. The van der Waals surface area contributed by atoms with Gasteiger partial charge < -0.3 is 30.3 Å². The maximum Gasteiger partial charge on any atom is 0.201 e. The lowest BCUT2D eigenvalue weighted by Gasteiger charge is -2.26. The number of aromatic hydroxyl groups is 5. The minimum Gasteiger partial charge on any atom is -0.507 e. The largest absolute Gasteiger partial charge is 0.507 e. The normalized spacial score (nSPS) is 16.9. The summed E-state index contributed by atoms with van der Waals surface area (Å²) in [6.45, 7) is 0. The van der Waals surface area contributed by atoms with Crippen LogP contribution in [0.5, 0.6) is 34.5 Å². The molecule has 0 radical (unpaired) electrons. The fraction of sp³-hybridized carbons (Fsp3) is 0.133. The molecule has 1 atom stereocenters. The van der Waals surface area contributed by atoms with Crippen molar-refractivity contribution in [2.45, 2.75) is 12.5 Å². The van der Waals surface area contributed by atoms with E-state index in [1.54, 1.807) is 0 Å². The van der Waals surface area contributed by atoms with E-state index in [1.807, 2.05) is 0 Å². The van der Waals surface area contributed by atoms with Crippen molar-refractivity contribution in [2.75, 3.05) is 0 Å². The van der Waals surface area contributed by atoms with Crippen LogP contribution in [-0.2, 0) is 0 Å². The molecule has 5 N–H and O–H groups in total. The first-order chi connectivity index (χ1) is 10.4. The quantitative estimate of drug-likeness (QED) is 0.402. The van der Waals surface area contributed by atoms with Crippen LogP contribution in [0.25, 0.3) is 0 Å². The first kappa shape index (κ1) is 13.9. The molecule has 3 rings (SSSR count). The van der Waals surface area contributed by atoms with E-state index in [0.29, 0.717) is 5.56 Å². The molecule has 2 aromatic carbocycles. The van der Waals surface area contributed by atoms with Gasteiger partial charge in [-0.25, -0.2) is 0 Å².